The first-order chi connectivity index (χ1) is 8.17. The highest BCUT2D eigenvalue weighted by atomic mass is 19.1. The van der Waals surface area contributed by atoms with Crippen LogP contribution in [0.5, 0.6) is 0 Å². The van der Waals surface area contributed by atoms with E-state index in [4.69, 9.17) is 5.11 Å². The fourth-order valence-electron chi connectivity index (χ4n) is 1.68. The van der Waals surface area contributed by atoms with Gasteiger partial charge < -0.3 is 5.11 Å². The fourth-order valence-corrected chi connectivity index (χ4v) is 1.68. The molecule has 1 N–H and O–H groups in total. The van der Waals surface area contributed by atoms with Crippen molar-refractivity contribution < 1.29 is 13.9 Å². The zero-order valence-corrected chi connectivity index (χ0v) is 10.1. The third kappa shape index (κ3) is 4.79. The van der Waals surface area contributed by atoms with E-state index in [1.165, 1.54) is 12.1 Å². The van der Waals surface area contributed by atoms with Crippen LogP contribution in [0.25, 0.3) is 0 Å². The number of aliphatic hydroxyl groups is 1. The molecule has 1 aromatic rings. The first-order valence-electron chi connectivity index (χ1n) is 5.94. The molecule has 0 amide bonds. The van der Waals surface area contributed by atoms with Crippen LogP contribution in [0.15, 0.2) is 18.2 Å². The predicted molar refractivity (Wildman–Crippen MR) is 63.6 cm³/mol. The second-order valence-corrected chi connectivity index (χ2v) is 4.09. The molecule has 0 radical (unpaired) electrons. The Bertz CT molecular complexity index is 344. The highest BCUT2D eigenvalue weighted by Crippen LogP contribution is 2.12. The second kappa shape index (κ2) is 7.35. The van der Waals surface area contributed by atoms with E-state index >= 15 is 0 Å². The molecule has 1 aromatic carbocycles. The molecule has 0 unspecified atom stereocenters. The summed E-state index contributed by atoms with van der Waals surface area (Å²) in [6.07, 6.45) is 2.05. The summed E-state index contributed by atoms with van der Waals surface area (Å²) in [4.78, 5) is 1.97. The van der Waals surface area contributed by atoms with Gasteiger partial charge in [-0.15, -0.1) is 0 Å². The largest absolute Gasteiger partial charge is 0.395 e. The molecule has 0 aromatic heterocycles. The van der Waals surface area contributed by atoms with Gasteiger partial charge in [0.05, 0.1) is 6.61 Å². The molecular formula is C13H19F2NO. The van der Waals surface area contributed by atoms with E-state index in [9.17, 15) is 8.78 Å². The van der Waals surface area contributed by atoms with Gasteiger partial charge in [-0.05, 0) is 19.0 Å². The summed E-state index contributed by atoms with van der Waals surface area (Å²) in [5, 5.41) is 8.93. The minimum Gasteiger partial charge on any atom is -0.395 e. The Balaban J connectivity index is 2.64. The van der Waals surface area contributed by atoms with Crippen LogP contribution in [0.4, 0.5) is 8.78 Å². The topological polar surface area (TPSA) is 23.5 Å². The van der Waals surface area contributed by atoms with Crippen molar-refractivity contribution in [2.45, 2.75) is 26.3 Å². The number of hydrogen-bond donors (Lipinski definition) is 1. The Labute approximate surface area is 101 Å². The van der Waals surface area contributed by atoms with Crippen molar-refractivity contribution in [1.82, 2.24) is 4.90 Å². The molecule has 0 fully saturated rings. The van der Waals surface area contributed by atoms with E-state index in [1.54, 1.807) is 0 Å². The van der Waals surface area contributed by atoms with Gasteiger partial charge in [-0.1, -0.05) is 19.4 Å². The molecule has 0 saturated heterocycles. The maximum Gasteiger partial charge on any atom is 0.130 e. The number of halogens is 2. The average molecular weight is 243 g/mol. The van der Waals surface area contributed by atoms with Gasteiger partial charge >= 0.3 is 0 Å². The predicted octanol–water partition coefficient (Wildman–Crippen LogP) is 2.56. The molecule has 2 nitrogen and oxygen atoms in total. The maximum absolute atomic E-state index is 13.4. The van der Waals surface area contributed by atoms with Crippen LogP contribution in [0.1, 0.15) is 25.3 Å². The number of benzene rings is 1. The summed E-state index contributed by atoms with van der Waals surface area (Å²) < 4.78 is 26.2. The van der Waals surface area contributed by atoms with E-state index in [0.717, 1.165) is 25.5 Å². The number of nitrogens with zero attached hydrogens (tertiary/aromatic N) is 1. The highest BCUT2D eigenvalue weighted by molar-refractivity contribution is 5.18. The Morgan fingerprint density at radius 1 is 1.24 bits per heavy atom. The van der Waals surface area contributed by atoms with Crippen molar-refractivity contribution in [3.63, 3.8) is 0 Å². The smallest absolute Gasteiger partial charge is 0.130 e. The van der Waals surface area contributed by atoms with Gasteiger partial charge in [0, 0.05) is 24.7 Å². The standard InChI is InChI=1S/C13H19F2NO/c1-2-3-6-16(7-8-17)10-11-4-5-12(14)9-13(11)15/h4-5,9,17H,2-3,6-8,10H2,1H3. The Kier molecular flexibility index (Phi) is 6.08. The molecule has 0 aliphatic heterocycles. The number of aliphatic hydroxyl groups excluding tert-OH is 1. The zero-order chi connectivity index (χ0) is 12.7. The first kappa shape index (κ1) is 14.1. The first-order valence-corrected chi connectivity index (χ1v) is 5.94. The van der Waals surface area contributed by atoms with Crippen molar-refractivity contribution in [3.05, 3.63) is 35.4 Å². The zero-order valence-electron chi connectivity index (χ0n) is 10.1. The van der Waals surface area contributed by atoms with Crippen molar-refractivity contribution >= 4 is 0 Å². The second-order valence-electron chi connectivity index (χ2n) is 4.09. The van der Waals surface area contributed by atoms with E-state index in [0.29, 0.717) is 18.7 Å². The maximum atomic E-state index is 13.4. The van der Waals surface area contributed by atoms with Crippen molar-refractivity contribution in [2.75, 3.05) is 19.7 Å². The Hall–Kier alpha value is -1.00. The van der Waals surface area contributed by atoms with Gasteiger partial charge in [0.1, 0.15) is 11.6 Å². The Morgan fingerprint density at radius 3 is 2.59 bits per heavy atom. The van der Waals surface area contributed by atoms with Crippen molar-refractivity contribution in [3.8, 4) is 0 Å². The minimum absolute atomic E-state index is 0.0481. The summed E-state index contributed by atoms with van der Waals surface area (Å²) in [7, 11) is 0. The lowest BCUT2D eigenvalue weighted by Crippen LogP contribution is -2.28. The summed E-state index contributed by atoms with van der Waals surface area (Å²) in [5.74, 6) is -1.09. The molecular weight excluding hydrogens is 224 g/mol. The molecule has 0 aliphatic rings. The third-order valence-electron chi connectivity index (χ3n) is 2.65. The molecule has 17 heavy (non-hydrogen) atoms. The lowest BCUT2D eigenvalue weighted by atomic mass is 10.2. The van der Waals surface area contributed by atoms with E-state index in [-0.39, 0.29) is 6.61 Å². The highest BCUT2D eigenvalue weighted by Gasteiger charge is 2.09. The van der Waals surface area contributed by atoms with Gasteiger partial charge in [0.25, 0.3) is 0 Å². The van der Waals surface area contributed by atoms with Gasteiger partial charge in [-0.3, -0.25) is 4.90 Å². The van der Waals surface area contributed by atoms with E-state index in [1.807, 2.05) is 4.90 Å². The van der Waals surface area contributed by atoms with Crippen molar-refractivity contribution in [2.24, 2.45) is 0 Å². The van der Waals surface area contributed by atoms with Crippen LogP contribution in [0.3, 0.4) is 0 Å². The monoisotopic (exact) mass is 243 g/mol. The molecule has 0 spiro atoms. The van der Waals surface area contributed by atoms with Crippen LogP contribution in [-0.2, 0) is 6.54 Å². The summed E-state index contributed by atoms with van der Waals surface area (Å²) in [5.41, 5.74) is 0.468. The number of hydrogen-bond acceptors (Lipinski definition) is 2. The Morgan fingerprint density at radius 2 is 2.00 bits per heavy atom. The molecule has 0 saturated carbocycles. The van der Waals surface area contributed by atoms with Crippen LogP contribution in [0.2, 0.25) is 0 Å². The molecule has 1 rings (SSSR count). The van der Waals surface area contributed by atoms with Crippen LogP contribution >= 0.6 is 0 Å². The van der Waals surface area contributed by atoms with Crippen molar-refractivity contribution in [1.29, 1.82) is 0 Å². The third-order valence-corrected chi connectivity index (χ3v) is 2.65. The van der Waals surface area contributed by atoms with Gasteiger partial charge in [0.2, 0.25) is 0 Å². The van der Waals surface area contributed by atoms with E-state index < -0.39 is 11.6 Å². The average Bonchev–Trinajstić information content (AvgIpc) is 2.29. The van der Waals surface area contributed by atoms with Gasteiger partial charge in [-0.25, -0.2) is 8.78 Å². The number of unbranched alkanes of at least 4 members (excludes halogenated alkanes) is 1. The van der Waals surface area contributed by atoms with E-state index in [2.05, 4.69) is 6.92 Å². The molecule has 96 valence electrons. The quantitative estimate of drug-likeness (QED) is 0.795. The fraction of sp³-hybridized carbons (Fsp3) is 0.538. The molecule has 4 heteroatoms. The summed E-state index contributed by atoms with van der Waals surface area (Å²) in [6, 6.07) is 3.61. The lowest BCUT2D eigenvalue weighted by molar-refractivity contribution is 0.187. The summed E-state index contributed by atoms with van der Waals surface area (Å²) in [6.45, 7) is 3.86. The lowest BCUT2D eigenvalue weighted by Gasteiger charge is -2.21. The molecule has 0 bridgehead atoms. The molecule has 0 heterocycles. The molecule has 0 aliphatic carbocycles. The van der Waals surface area contributed by atoms with Gasteiger partial charge in [-0.2, -0.15) is 0 Å². The summed E-state index contributed by atoms with van der Waals surface area (Å²) >= 11 is 0. The normalized spacial score (nSPS) is 11.1. The minimum atomic E-state index is -0.562. The van der Waals surface area contributed by atoms with Crippen LogP contribution in [0, 0.1) is 11.6 Å². The molecule has 0 atom stereocenters. The van der Waals surface area contributed by atoms with Crippen LogP contribution in [-0.4, -0.2) is 29.7 Å². The van der Waals surface area contributed by atoms with Crippen LogP contribution < -0.4 is 0 Å². The number of rotatable bonds is 7. The van der Waals surface area contributed by atoms with Gasteiger partial charge in [0.15, 0.2) is 0 Å². The SMILES string of the molecule is CCCCN(CCO)Cc1ccc(F)cc1F.